The molecule has 0 aromatic heterocycles. The normalized spacial score (nSPS) is 31.8. The molecule has 2 N–H and O–H groups in total. The number of fused-ring (bicyclic) bond motifs is 1. The first kappa shape index (κ1) is 18.4. The molecule has 3 aliphatic rings. The molecule has 25 heavy (non-hydrogen) atoms. The molecule has 2 atom stereocenters. The van der Waals surface area contributed by atoms with Crippen molar-refractivity contribution in [1.82, 2.24) is 15.5 Å². The lowest BCUT2D eigenvalue weighted by atomic mass is 9.79. The summed E-state index contributed by atoms with van der Waals surface area (Å²) in [5.74, 6) is -0.887. The maximum Gasteiger partial charge on any atom is 0.240 e. The Morgan fingerprint density at radius 1 is 1.04 bits per heavy atom. The van der Waals surface area contributed by atoms with Gasteiger partial charge in [0.2, 0.25) is 17.7 Å². The quantitative estimate of drug-likeness (QED) is 0.759. The highest BCUT2D eigenvalue weighted by Crippen LogP contribution is 2.37. The Morgan fingerprint density at radius 3 is 2.00 bits per heavy atom. The molecule has 6 heteroatoms. The van der Waals surface area contributed by atoms with E-state index in [4.69, 9.17) is 0 Å². The molecule has 3 amide bonds. The van der Waals surface area contributed by atoms with Gasteiger partial charge in [0, 0.05) is 17.1 Å². The van der Waals surface area contributed by atoms with Gasteiger partial charge in [-0.2, -0.15) is 0 Å². The maximum atomic E-state index is 12.5. The van der Waals surface area contributed by atoms with Gasteiger partial charge in [-0.3, -0.25) is 19.3 Å². The number of carbonyl (C=O) groups is 3. The Balaban J connectivity index is 1.61. The molecule has 6 nitrogen and oxygen atoms in total. The number of piperidine rings is 1. The molecule has 0 spiro atoms. The van der Waals surface area contributed by atoms with Crippen LogP contribution in [0.15, 0.2) is 0 Å². The third-order valence-electron chi connectivity index (χ3n) is 5.79. The molecular weight excluding hydrogens is 318 g/mol. The van der Waals surface area contributed by atoms with Gasteiger partial charge >= 0.3 is 0 Å². The van der Waals surface area contributed by atoms with Gasteiger partial charge in [-0.1, -0.05) is 12.8 Å². The first-order valence-corrected chi connectivity index (χ1v) is 9.52. The predicted octanol–water partition coefficient (Wildman–Crippen LogP) is 1.59. The summed E-state index contributed by atoms with van der Waals surface area (Å²) in [5, 5.41) is 6.64. The zero-order valence-corrected chi connectivity index (χ0v) is 15.9. The average Bonchev–Trinajstić information content (AvgIpc) is 2.69. The number of imide groups is 1. The Kier molecular flexibility index (Phi) is 4.69. The Bertz CT molecular complexity index is 544. The summed E-state index contributed by atoms with van der Waals surface area (Å²) in [4.78, 5) is 38.7. The summed E-state index contributed by atoms with van der Waals surface area (Å²) in [6.45, 7) is 8.39. The van der Waals surface area contributed by atoms with Crippen LogP contribution in [0.1, 0.15) is 66.2 Å². The van der Waals surface area contributed by atoms with E-state index in [9.17, 15) is 14.4 Å². The Hall–Kier alpha value is -1.43. The summed E-state index contributed by atoms with van der Waals surface area (Å²) in [7, 11) is 0. The molecule has 1 aliphatic carbocycles. The molecule has 0 bridgehead atoms. The Morgan fingerprint density at radius 2 is 1.52 bits per heavy atom. The average molecular weight is 349 g/mol. The lowest BCUT2D eigenvalue weighted by Crippen LogP contribution is -2.62. The van der Waals surface area contributed by atoms with Crippen molar-refractivity contribution < 1.29 is 14.4 Å². The minimum absolute atomic E-state index is 0.0498. The van der Waals surface area contributed by atoms with Crippen molar-refractivity contribution >= 4 is 17.7 Å². The van der Waals surface area contributed by atoms with Crippen LogP contribution in [0.2, 0.25) is 0 Å². The van der Waals surface area contributed by atoms with Crippen molar-refractivity contribution in [2.45, 2.75) is 83.3 Å². The van der Waals surface area contributed by atoms with Gasteiger partial charge in [0.05, 0.1) is 11.8 Å². The van der Waals surface area contributed by atoms with E-state index in [-0.39, 0.29) is 53.2 Å². The molecule has 3 rings (SSSR count). The van der Waals surface area contributed by atoms with E-state index in [1.165, 1.54) is 4.90 Å². The number of nitrogens with zero attached hydrogens (tertiary/aromatic N) is 1. The smallest absolute Gasteiger partial charge is 0.240 e. The Labute approximate surface area is 150 Å². The summed E-state index contributed by atoms with van der Waals surface area (Å²) < 4.78 is 0. The fourth-order valence-electron chi connectivity index (χ4n) is 5.23. The summed E-state index contributed by atoms with van der Waals surface area (Å²) >= 11 is 0. The number of carbonyl (C=O) groups excluding carboxylic acids is 3. The highest BCUT2D eigenvalue weighted by atomic mass is 16.2. The second-order valence-electron chi connectivity index (χ2n) is 9.33. The molecule has 2 unspecified atom stereocenters. The van der Waals surface area contributed by atoms with Gasteiger partial charge in [-0.25, -0.2) is 0 Å². The van der Waals surface area contributed by atoms with Crippen LogP contribution in [0.4, 0.5) is 0 Å². The third-order valence-corrected chi connectivity index (χ3v) is 5.79. The van der Waals surface area contributed by atoms with Crippen molar-refractivity contribution in [3.05, 3.63) is 0 Å². The lowest BCUT2D eigenvalue weighted by molar-refractivity contribution is -0.144. The number of amides is 3. The van der Waals surface area contributed by atoms with Crippen LogP contribution >= 0.6 is 0 Å². The van der Waals surface area contributed by atoms with Crippen molar-refractivity contribution in [2.24, 2.45) is 11.8 Å². The minimum Gasteiger partial charge on any atom is -0.352 e. The molecule has 2 saturated heterocycles. The van der Waals surface area contributed by atoms with E-state index in [1.54, 1.807) is 0 Å². The predicted molar refractivity (Wildman–Crippen MR) is 94.6 cm³/mol. The van der Waals surface area contributed by atoms with Crippen LogP contribution in [0.3, 0.4) is 0 Å². The van der Waals surface area contributed by atoms with Gasteiger partial charge in [0.15, 0.2) is 0 Å². The number of likely N-dealkylation sites (tertiary alicyclic amines) is 1. The van der Waals surface area contributed by atoms with Crippen molar-refractivity contribution in [3.8, 4) is 0 Å². The number of hydrogen-bond acceptors (Lipinski definition) is 4. The molecule has 0 radical (unpaired) electrons. The van der Waals surface area contributed by atoms with Gasteiger partial charge < -0.3 is 10.6 Å². The van der Waals surface area contributed by atoms with E-state index in [0.717, 1.165) is 38.5 Å². The minimum atomic E-state index is -0.223. The number of hydrogen-bond donors (Lipinski definition) is 2. The van der Waals surface area contributed by atoms with E-state index in [0.29, 0.717) is 0 Å². The molecule has 1 saturated carbocycles. The fraction of sp³-hybridized carbons (Fsp3) is 0.842. The fourth-order valence-corrected chi connectivity index (χ4v) is 5.23. The van der Waals surface area contributed by atoms with Crippen molar-refractivity contribution in [3.63, 3.8) is 0 Å². The monoisotopic (exact) mass is 349 g/mol. The van der Waals surface area contributed by atoms with Crippen LogP contribution in [0.5, 0.6) is 0 Å². The van der Waals surface area contributed by atoms with E-state index < -0.39 is 0 Å². The topological polar surface area (TPSA) is 78.5 Å². The summed E-state index contributed by atoms with van der Waals surface area (Å²) in [6.07, 6.45) is 5.22. The van der Waals surface area contributed by atoms with Crippen LogP contribution in [-0.2, 0) is 14.4 Å². The summed E-state index contributed by atoms with van der Waals surface area (Å²) in [6, 6.07) is 0.0498. The summed E-state index contributed by atoms with van der Waals surface area (Å²) in [5.41, 5.74) is -0.123. The first-order chi connectivity index (χ1) is 11.6. The van der Waals surface area contributed by atoms with Crippen LogP contribution in [0, 0.1) is 11.8 Å². The van der Waals surface area contributed by atoms with Gasteiger partial charge in [0.1, 0.15) is 6.54 Å². The van der Waals surface area contributed by atoms with Gasteiger partial charge in [-0.05, 0) is 53.4 Å². The van der Waals surface area contributed by atoms with Crippen LogP contribution < -0.4 is 10.6 Å². The van der Waals surface area contributed by atoms with E-state index >= 15 is 0 Å². The molecule has 2 heterocycles. The largest absolute Gasteiger partial charge is 0.352 e. The number of rotatable bonds is 3. The van der Waals surface area contributed by atoms with E-state index in [2.05, 4.69) is 38.3 Å². The molecule has 0 aromatic carbocycles. The lowest BCUT2D eigenvalue weighted by Gasteiger charge is -2.46. The van der Waals surface area contributed by atoms with E-state index in [1.807, 2.05) is 0 Å². The van der Waals surface area contributed by atoms with Crippen molar-refractivity contribution in [2.75, 3.05) is 6.54 Å². The zero-order chi connectivity index (χ0) is 18.4. The second-order valence-corrected chi connectivity index (χ2v) is 9.33. The first-order valence-electron chi connectivity index (χ1n) is 9.52. The maximum absolute atomic E-state index is 12.5. The van der Waals surface area contributed by atoms with Crippen molar-refractivity contribution in [1.29, 1.82) is 0 Å². The third kappa shape index (κ3) is 3.89. The van der Waals surface area contributed by atoms with Gasteiger partial charge in [-0.15, -0.1) is 0 Å². The molecule has 2 aliphatic heterocycles. The van der Waals surface area contributed by atoms with Gasteiger partial charge in [0.25, 0.3) is 0 Å². The molecule has 3 fully saturated rings. The zero-order valence-electron chi connectivity index (χ0n) is 15.9. The molecular formula is C19H31N3O3. The van der Waals surface area contributed by atoms with Crippen LogP contribution in [0.25, 0.3) is 0 Å². The van der Waals surface area contributed by atoms with Crippen LogP contribution in [-0.4, -0.2) is 46.3 Å². The molecule has 0 aromatic rings. The highest BCUT2D eigenvalue weighted by Gasteiger charge is 2.48. The second kappa shape index (κ2) is 6.38. The SMILES string of the molecule is CC1(C)CC(NC(=O)CN2C(=O)C3CCCCC3C2=O)CC(C)(C)N1. The highest BCUT2D eigenvalue weighted by molar-refractivity contribution is 6.07. The standard InChI is InChI=1S/C19H31N3O3/c1-18(2)9-12(10-19(3,4)21-18)20-15(23)11-22-16(24)13-7-5-6-8-14(13)17(22)25/h12-14,21H,5-11H2,1-4H3,(H,20,23). The number of nitrogens with one attached hydrogen (secondary N) is 2. The molecule has 140 valence electrons.